The molecule has 0 radical (unpaired) electrons. The summed E-state index contributed by atoms with van der Waals surface area (Å²) >= 11 is 0. The minimum absolute atomic E-state index is 0.00584. The van der Waals surface area contributed by atoms with E-state index in [2.05, 4.69) is 4.40 Å². The Morgan fingerprint density at radius 3 is 2.52 bits per heavy atom. The number of benzene rings is 1. The van der Waals surface area contributed by atoms with Crippen LogP contribution in [0.2, 0.25) is 0 Å². The van der Waals surface area contributed by atoms with Gasteiger partial charge < -0.3 is 14.2 Å². The molecule has 3 aliphatic heterocycles. The van der Waals surface area contributed by atoms with Crippen LogP contribution in [-0.4, -0.2) is 70.0 Å². The van der Waals surface area contributed by atoms with Crippen molar-refractivity contribution in [1.82, 2.24) is 4.90 Å². The minimum atomic E-state index is -4.05. The lowest BCUT2D eigenvalue weighted by molar-refractivity contribution is -0.289. The number of halogens is 4. The maximum Gasteiger partial charge on any atom is 0.439 e. The van der Waals surface area contributed by atoms with E-state index in [1.54, 1.807) is 0 Å². The normalized spacial score (nSPS) is 31.8. The predicted molar refractivity (Wildman–Crippen MR) is 111 cm³/mol. The second-order valence-electron chi connectivity index (χ2n) is 8.68. The third kappa shape index (κ3) is 5.18. The van der Waals surface area contributed by atoms with Gasteiger partial charge in [0.2, 0.25) is 16.3 Å². The molecular formula is C21H26F4N2O5S. The van der Waals surface area contributed by atoms with Crippen LogP contribution in [0.4, 0.5) is 17.6 Å². The summed E-state index contributed by atoms with van der Waals surface area (Å²) < 4.78 is 103. The van der Waals surface area contributed by atoms with Gasteiger partial charge in [-0.15, -0.1) is 0 Å². The SMILES string of the molecule is COC1N2CC/C(=N\S(C)(=O)=O)C2COC2CCC(CC2)c2cc(F)cc(F)c2OC1(F)F. The van der Waals surface area contributed by atoms with Crippen molar-refractivity contribution in [2.75, 3.05) is 26.5 Å². The molecule has 2 fully saturated rings. The molecule has 2 bridgehead atoms. The van der Waals surface area contributed by atoms with Crippen molar-refractivity contribution >= 4 is 15.7 Å². The lowest BCUT2D eigenvalue weighted by Crippen LogP contribution is -2.55. The summed E-state index contributed by atoms with van der Waals surface area (Å²) in [5.74, 6) is -3.16. The van der Waals surface area contributed by atoms with Gasteiger partial charge in [0, 0.05) is 31.7 Å². The van der Waals surface area contributed by atoms with Gasteiger partial charge in [-0.25, -0.2) is 17.2 Å². The number of rotatable bonds is 2. The highest BCUT2D eigenvalue weighted by molar-refractivity contribution is 7.89. The van der Waals surface area contributed by atoms with Crippen LogP contribution in [0.15, 0.2) is 16.5 Å². The van der Waals surface area contributed by atoms with Gasteiger partial charge in [-0.3, -0.25) is 4.90 Å². The van der Waals surface area contributed by atoms with E-state index in [9.17, 15) is 17.2 Å². The highest BCUT2D eigenvalue weighted by Crippen LogP contribution is 2.43. The molecule has 12 heteroatoms. The number of ether oxygens (including phenoxy) is 3. The molecule has 184 valence electrons. The number of hydrogen-bond acceptors (Lipinski definition) is 6. The summed E-state index contributed by atoms with van der Waals surface area (Å²) in [5, 5.41) is 0. The van der Waals surface area contributed by atoms with Crippen LogP contribution in [0.5, 0.6) is 5.75 Å². The predicted octanol–water partition coefficient (Wildman–Crippen LogP) is 3.44. The van der Waals surface area contributed by atoms with Gasteiger partial charge >= 0.3 is 6.11 Å². The molecule has 0 aromatic heterocycles. The fourth-order valence-electron chi connectivity index (χ4n) is 4.96. The molecule has 0 spiro atoms. The maximum absolute atomic E-state index is 15.4. The summed E-state index contributed by atoms with van der Waals surface area (Å²) in [6, 6.07) is 0.659. The highest BCUT2D eigenvalue weighted by Gasteiger charge is 2.52. The average Bonchev–Trinajstić information content (AvgIpc) is 3.09. The summed E-state index contributed by atoms with van der Waals surface area (Å²) in [7, 11) is -2.72. The van der Waals surface area contributed by atoms with Gasteiger partial charge in [0.25, 0.3) is 0 Å². The van der Waals surface area contributed by atoms with Gasteiger partial charge in [-0.05, 0) is 37.7 Å². The molecule has 1 aromatic rings. The molecular weight excluding hydrogens is 468 g/mol. The van der Waals surface area contributed by atoms with Crippen LogP contribution in [0.3, 0.4) is 0 Å². The first-order chi connectivity index (χ1) is 15.5. The van der Waals surface area contributed by atoms with Crippen molar-refractivity contribution in [2.45, 2.75) is 62.5 Å². The van der Waals surface area contributed by atoms with Crippen molar-refractivity contribution in [3.63, 3.8) is 0 Å². The molecule has 1 aromatic carbocycles. The molecule has 2 atom stereocenters. The molecule has 4 aliphatic rings. The summed E-state index contributed by atoms with van der Waals surface area (Å²) in [6.07, 6.45) is -3.15. The summed E-state index contributed by atoms with van der Waals surface area (Å²) in [4.78, 5) is 1.22. The first-order valence-electron chi connectivity index (χ1n) is 10.7. The van der Waals surface area contributed by atoms with E-state index in [1.165, 1.54) is 4.90 Å². The second-order valence-corrected chi connectivity index (χ2v) is 10.3. The largest absolute Gasteiger partial charge is 0.439 e. The minimum Gasteiger partial charge on any atom is -0.426 e. The smallest absolute Gasteiger partial charge is 0.426 e. The Bertz CT molecular complexity index is 1030. The quantitative estimate of drug-likeness (QED) is 0.587. The topological polar surface area (TPSA) is 77.4 Å². The molecule has 2 unspecified atom stereocenters. The van der Waals surface area contributed by atoms with Crippen molar-refractivity contribution < 1.29 is 40.2 Å². The average molecular weight is 495 g/mol. The summed E-state index contributed by atoms with van der Waals surface area (Å²) in [6.45, 7) is -0.0541. The first kappa shape index (κ1) is 24.4. The fourth-order valence-corrected chi connectivity index (χ4v) is 5.60. The molecule has 0 amide bonds. The van der Waals surface area contributed by atoms with Crippen molar-refractivity contribution in [3.05, 3.63) is 29.3 Å². The zero-order valence-corrected chi connectivity index (χ0v) is 19.1. The van der Waals surface area contributed by atoms with Gasteiger partial charge in [0.15, 0.2) is 11.6 Å². The van der Waals surface area contributed by atoms with Gasteiger partial charge in [0.05, 0.1) is 30.7 Å². The number of fused-ring (bicyclic) bond motifs is 5. The number of methoxy groups -OCH3 is 1. The zero-order valence-electron chi connectivity index (χ0n) is 18.3. The van der Waals surface area contributed by atoms with Crippen molar-refractivity contribution in [3.8, 4) is 5.75 Å². The zero-order chi connectivity index (χ0) is 24.0. The number of sulfonamides is 1. The van der Waals surface area contributed by atoms with E-state index in [-0.39, 0.29) is 42.9 Å². The Kier molecular flexibility index (Phi) is 6.74. The van der Waals surface area contributed by atoms with E-state index in [0.717, 1.165) is 19.4 Å². The fraction of sp³-hybridized carbons (Fsp3) is 0.667. The highest BCUT2D eigenvalue weighted by atomic mass is 32.2. The molecule has 3 heterocycles. The molecule has 33 heavy (non-hydrogen) atoms. The van der Waals surface area contributed by atoms with Crippen LogP contribution in [-0.2, 0) is 19.5 Å². The third-order valence-corrected chi connectivity index (χ3v) is 6.95. The maximum atomic E-state index is 15.4. The summed E-state index contributed by atoms with van der Waals surface area (Å²) in [5.41, 5.74) is 0.240. The molecule has 0 N–H and O–H groups in total. The lowest BCUT2D eigenvalue weighted by atomic mass is 9.82. The van der Waals surface area contributed by atoms with Crippen LogP contribution < -0.4 is 4.74 Å². The van der Waals surface area contributed by atoms with Gasteiger partial charge in [-0.1, -0.05) is 0 Å². The first-order valence-corrected chi connectivity index (χ1v) is 12.6. The van der Waals surface area contributed by atoms with Crippen molar-refractivity contribution in [1.29, 1.82) is 0 Å². The van der Waals surface area contributed by atoms with E-state index in [1.807, 2.05) is 0 Å². The number of hydrogen-bond donors (Lipinski definition) is 0. The molecule has 7 nitrogen and oxygen atoms in total. The van der Waals surface area contributed by atoms with E-state index >= 15 is 8.78 Å². The van der Waals surface area contributed by atoms with Crippen molar-refractivity contribution in [2.24, 2.45) is 4.40 Å². The number of nitrogens with zero attached hydrogens (tertiary/aromatic N) is 2. The number of alkyl halides is 2. The molecule has 5 rings (SSSR count). The standard InChI is InChI=1S/C21H26F4N2O5S/c1-30-20-21(24,25)32-19-15(9-13(22)10-16(19)23)12-3-5-14(6-4-12)31-11-18-17(7-8-27(18)20)26-33(2,28)29/h9-10,12,14,18,20H,3-8,11H2,1-2H3/b26-17+. The van der Waals surface area contributed by atoms with Crippen LogP contribution >= 0.6 is 0 Å². The lowest BCUT2D eigenvalue weighted by Gasteiger charge is -2.36. The second kappa shape index (κ2) is 9.12. The van der Waals surface area contributed by atoms with E-state index in [0.29, 0.717) is 31.7 Å². The molecule has 1 saturated heterocycles. The van der Waals surface area contributed by atoms with Gasteiger partial charge in [0.1, 0.15) is 5.82 Å². The Balaban J connectivity index is 1.79. The van der Waals surface area contributed by atoms with Crippen LogP contribution in [0.1, 0.15) is 43.6 Å². The van der Waals surface area contributed by atoms with Crippen LogP contribution in [0.25, 0.3) is 0 Å². The van der Waals surface area contributed by atoms with E-state index in [4.69, 9.17) is 14.2 Å². The third-order valence-electron chi connectivity index (χ3n) is 6.39. The monoisotopic (exact) mass is 494 g/mol. The van der Waals surface area contributed by atoms with E-state index < -0.39 is 45.8 Å². The van der Waals surface area contributed by atoms with Gasteiger partial charge in [-0.2, -0.15) is 13.2 Å². The molecule has 1 aliphatic carbocycles. The Morgan fingerprint density at radius 2 is 1.88 bits per heavy atom. The van der Waals surface area contributed by atoms with Crippen LogP contribution in [0, 0.1) is 11.6 Å². The Hall–Kier alpha value is -1.76. The Morgan fingerprint density at radius 1 is 1.18 bits per heavy atom. The molecule has 1 saturated carbocycles. The Labute approximate surface area is 189 Å².